The van der Waals surface area contributed by atoms with Crippen LogP contribution in [0.5, 0.6) is 11.5 Å². The first-order valence-corrected chi connectivity index (χ1v) is 9.67. The number of carbonyl (C=O) groups is 3. The van der Waals surface area contributed by atoms with Crippen molar-refractivity contribution in [3.8, 4) is 22.1 Å². The SMILES string of the molecule is COc1ccc(-c2nc(C)c(C(=O)O[C@H](C)C(=O)N3CCNC3=O)s2)cc1OC. The molecule has 0 unspecified atom stereocenters. The molecule has 1 aromatic carbocycles. The molecule has 10 heteroatoms. The average Bonchev–Trinajstić information content (AvgIpc) is 3.32. The lowest BCUT2D eigenvalue weighted by molar-refractivity contribution is -0.136. The molecule has 0 saturated carbocycles. The van der Waals surface area contributed by atoms with Crippen molar-refractivity contribution in [3.63, 3.8) is 0 Å². The van der Waals surface area contributed by atoms with Crippen molar-refractivity contribution in [2.75, 3.05) is 27.3 Å². The van der Waals surface area contributed by atoms with Crippen LogP contribution >= 0.6 is 11.3 Å². The summed E-state index contributed by atoms with van der Waals surface area (Å²) in [7, 11) is 3.09. The summed E-state index contributed by atoms with van der Waals surface area (Å²) in [6.07, 6.45) is -1.09. The van der Waals surface area contributed by atoms with E-state index in [0.29, 0.717) is 33.6 Å². The molecule has 1 N–H and O–H groups in total. The Morgan fingerprint density at radius 1 is 1.24 bits per heavy atom. The van der Waals surface area contributed by atoms with Crippen molar-refractivity contribution in [1.82, 2.24) is 15.2 Å². The van der Waals surface area contributed by atoms with Gasteiger partial charge in [0, 0.05) is 18.7 Å². The van der Waals surface area contributed by atoms with Crippen molar-refractivity contribution in [1.29, 1.82) is 0 Å². The number of ether oxygens (including phenoxy) is 3. The van der Waals surface area contributed by atoms with E-state index in [4.69, 9.17) is 14.2 Å². The number of thiazole rings is 1. The van der Waals surface area contributed by atoms with Gasteiger partial charge in [0.2, 0.25) is 0 Å². The van der Waals surface area contributed by atoms with E-state index in [-0.39, 0.29) is 6.54 Å². The Labute approximate surface area is 171 Å². The Kier molecular flexibility index (Phi) is 6.02. The molecule has 0 spiro atoms. The Hall–Kier alpha value is -3.14. The Balaban J connectivity index is 1.76. The minimum Gasteiger partial charge on any atom is -0.493 e. The quantitative estimate of drug-likeness (QED) is 0.716. The fourth-order valence-electron chi connectivity index (χ4n) is 2.84. The number of amides is 3. The van der Waals surface area contributed by atoms with Crippen LogP contribution in [0.4, 0.5) is 4.79 Å². The predicted octanol–water partition coefficient (Wildman–Crippen LogP) is 2.23. The highest BCUT2D eigenvalue weighted by Gasteiger charge is 2.32. The molecule has 3 rings (SSSR count). The second-order valence-electron chi connectivity index (χ2n) is 6.27. The van der Waals surface area contributed by atoms with Gasteiger partial charge < -0.3 is 19.5 Å². The van der Waals surface area contributed by atoms with E-state index in [2.05, 4.69) is 10.3 Å². The highest BCUT2D eigenvalue weighted by Crippen LogP contribution is 2.35. The van der Waals surface area contributed by atoms with Gasteiger partial charge in [0.25, 0.3) is 5.91 Å². The van der Waals surface area contributed by atoms with Gasteiger partial charge in [0.1, 0.15) is 9.88 Å². The molecular formula is C19H21N3O6S. The zero-order valence-corrected chi connectivity index (χ0v) is 17.3. The van der Waals surface area contributed by atoms with Crippen LogP contribution in [-0.2, 0) is 9.53 Å². The van der Waals surface area contributed by atoms with Crippen molar-refractivity contribution in [2.24, 2.45) is 0 Å². The number of aryl methyl sites for hydroxylation is 1. The Morgan fingerprint density at radius 3 is 2.59 bits per heavy atom. The summed E-state index contributed by atoms with van der Waals surface area (Å²) in [5.74, 6) is -0.0876. The summed E-state index contributed by atoms with van der Waals surface area (Å²) in [6.45, 7) is 3.77. The topological polar surface area (TPSA) is 107 Å². The highest BCUT2D eigenvalue weighted by molar-refractivity contribution is 7.17. The molecule has 1 aromatic heterocycles. The first-order valence-electron chi connectivity index (χ1n) is 8.85. The molecule has 1 fully saturated rings. The molecule has 1 atom stereocenters. The first-order chi connectivity index (χ1) is 13.8. The van der Waals surface area contributed by atoms with Crippen molar-refractivity contribution >= 4 is 29.2 Å². The zero-order valence-electron chi connectivity index (χ0n) is 16.5. The van der Waals surface area contributed by atoms with E-state index < -0.39 is 24.0 Å². The molecule has 29 heavy (non-hydrogen) atoms. The van der Waals surface area contributed by atoms with E-state index in [9.17, 15) is 14.4 Å². The van der Waals surface area contributed by atoms with Crippen LogP contribution in [0.3, 0.4) is 0 Å². The van der Waals surface area contributed by atoms with Crippen LogP contribution in [0.2, 0.25) is 0 Å². The molecule has 3 amide bonds. The molecule has 154 valence electrons. The number of hydrogen-bond acceptors (Lipinski definition) is 8. The van der Waals surface area contributed by atoms with E-state index in [1.54, 1.807) is 26.2 Å². The maximum atomic E-state index is 12.6. The lowest BCUT2D eigenvalue weighted by atomic mass is 10.2. The van der Waals surface area contributed by atoms with Gasteiger partial charge in [-0.25, -0.2) is 14.6 Å². The monoisotopic (exact) mass is 419 g/mol. The summed E-state index contributed by atoms with van der Waals surface area (Å²) in [5, 5.41) is 3.14. The molecular weight excluding hydrogens is 398 g/mol. The molecule has 2 heterocycles. The first kappa shape index (κ1) is 20.6. The van der Waals surface area contributed by atoms with E-state index in [1.165, 1.54) is 14.0 Å². The Morgan fingerprint density at radius 2 is 1.97 bits per heavy atom. The van der Waals surface area contributed by atoms with Crippen molar-refractivity contribution in [2.45, 2.75) is 20.0 Å². The summed E-state index contributed by atoms with van der Waals surface area (Å²) in [4.78, 5) is 42.3. The number of imide groups is 1. The number of hydrogen-bond donors (Lipinski definition) is 1. The highest BCUT2D eigenvalue weighted by atomic mass is 32.1. The van der Waals surface area contributed by atoms with Crippen LogP contribution in [0.25, 0.3) is 10.6 Å². The van der Waals surface area contributed by atoms with Gasteiger partial charge in [-0.1, -0.05) is 0 Å². The second kappa shape index (κ2) is 8.48. The van der Waals surface area contributed by atoms with Gasteiger partial charge in [-0.15, -0.1) is 11.3 Å². The summed E-state index contributed by atoms with van der Waals surface area (Å²) in [5.41, 5.74) is 1.25. The number of methoxy groups -OCH3 is 2. The van der Waals surface area contributed by atoms with Crippen molar-refractivity contribution in [3.05, 3.63) is 28.8 Å². The van der Waals surface area contributed by atoms with Crippen LogP contribution in [0, 0.1) is 6.92 Å². The van der Waals surface area contributed by atoms with Crippen LogP contribution in [0.15, 0.2) is 18.2 Å². The molecule has 0 bridgehead atoms. The minimum atomic E-state index is -1.09. The normalized spacial score (nSPS) is 14.3. The third-order valence-electron chi connectivity index (χ3n) is 4.37. The number of esters is 1. The van der Waals surface area contributed by atoms with Gasteiger partial charge in [-0.2, -0.15) is 0 Å². The second-order valence-corrected chi connectivity index (χ2v) is 7.27. The van der Waals surface area contributed by atoms with Gasteiger partial charge in [-0.3, -0.25) is 9.69 Å². The molecule has 1 aliphatic heterocycles. The summed E-state index contributed by atoms with van der Waals surface area (Å²) in [6, 6.07) is 4.85. The van der Waals surface area contributed by atoms with Gasteiger partial charge in [-0.05, 0) is 32.0 Å². The number of nitrogens with one attached hydrogen (secondary N) is 1. The minimum absolute atomic E-state index is 0.253. The molecule has 0 aliphatic carbocycles. The van der Waals surface area contributed by atoms with Crippen LogP contribution in [-0.4, -0.2) is 61.2 Å². The standard InChI is InChI=1S/C19H21N3O6S/c1-10-15(18(24)28-11(2)17(23)22-8-7-20-19(22)25)29-16(21-10)12-5-6-13(26-3)14(9-12)27-4/h5-6,9,11H,7-8H2,1-4H3,(H,20,25)/t11-/m1/s1. The average molecular weight is 419 g/mol. The number of aromatic nitrogens is 1. The van der Waals surface area contributed by atoms with Crippen molar-refractivity contribution < 1.29 is 28.6 Å². The Bertz CT molecular complexity index is 957. The molecule has 9 nitrogen and oxygen atoms in total. The molecule has 2 aromatic rings. The third kappa shape index (κ3) is 4.16. The maximum absolute atomic E-state index is 12.6. The lowest BCUT2D eigenvalue weighted by Gasteiger charge is -2.17. The van der Waals surface area contributed by atoms with Crippen LogP contribution in [0.1, 0.15) is 22.3 Å². The zero-order chi connectivity index (χ0) is 21.1. The number of carbonyl (C=O) groups excluding carboxylic acids is 3. The largest absolute Gasteiger partial charge is 0.493 e. The smallest absolute Gasteiger partial charge is 0.351 e. The van der Waals surface area contributed by atoms with E-state index in [0.717, 1.165) is 21.8 Å². The lowest BCUT2D eigenvalue weighted by Crippen LogP contribution is -2.41. The number of urea groups is 1. The molecule has 1 saturated heterocycles. The predicted molar refractivity (Wildman–Crippen MR) is 105 cm³/mol. The maximum Gasteiger partial charge on any atom is 0.351 e. The van der Waals surface area contributed by atoms with Gasteiger partial charge in [0.15, 0.2) is 17.6 Å². The fourth-order valence-corrected chi connectivity index (χ4v) is 3.79. The summed E-state index contributed by atoms with van der Waals surface area (Å²) < 4.78 is 15.8. The van der Waals surface area contributed by atoms with Crippen LogP contribution < -0.4 is 14.8 Å². The third-order valence-corrected chi connectivity index (χ3v) is 5.55. The number of rotatable bonds is 6. The fraction of sp³-hybridized carbons (Fsp3) is 0.368. The summed E-state index contributed by atoms with van der Waals surface area (Å²) >= 11 is 1.15. The van der Waals surface area contributed by atoms with Gasteiger partial charge in [0.05, 0.1) is 19.9 Å². The number of nitrogens with zero attached hydrogens (tertiary/aromatic N) is 2. The molecule has 0 radical (unpaired) electrons. The molecule has 1 aliphatic rings. The van der Waals surface area contributed by atoms with Gasteiger partial charge >= 0.3 is 12.0 Å². The van der Waals surface area contributed by atoms with E-state index in [1.807, 2.05) is 6.07 Å². The number of benzene rings is 1. The van der Waals surface area contributed by atoms with E-state index >= 15 is 0 Å².